The summed E-state index contributed by atoms with van der Waals surface area (Å²) in [6.45, 7) is 1.53. The van der Waals surface area contributed by atoms with E-state index in [1.165, 1.54) is 11.5 Å². The standard InChI is InChI=1S/C18H15NO4/c1-13(20)23-16-8-7-15-9-10-19(17(15)11-16)18(21)22-12-14-5-3-2-4-6-14/h2-11H,12H2,1H3. The molecule has 5 nitrogen and oxygen atoms in total. The summed E-state index contributed by atoms with van der Waals surface area (Å²) in [4.78, 5) is 23.3. The van der Waals surface area contributed by atoms with Crippen LogP contribution in [0.2, 0.25) is 0 Å². The predicted molar refractivity (Wildman–Crippen MR) is 85.3 cm³/mol. The molecule has 116 valence electrons. The zero-order valence-electron chi connectivity index (χ0n) is 12.6. The highest BCUT2D eigenvalue weighted by atomic mass is 16.5. The number of aromatic nitrogens is 1. The number of hydrogen-bond donors (Lipinski definition) is 0. The molecule has 1 heterocycles. The Labute approximate surface area is 133 Å². The molecule has 0 aliphatic heterocycles. The Bertz CT molecular complexity index is 852. The van der Waals surface area contributed by atoms with Gasteiger partial charge in [-0.05, 0) is 23.8 Å². The smallest absolute Gasteiger partial charge is 0.418 e. The number of nitrogens with zero attached hydrogens (tertiary/aromatic N) is 1. The molecular weight excluding hydrogens is 294 g/mol. The first-order valence-corrected chi connectivity index (χ1v) is 7.14. The van der Waals surface area contributed by atoms with Crippen molar-refractivity contribution < 1.29 is 19.1 Å². The van der Waals surface area contributed by atoms with Crippen molar-refractivity contribution in [1.82, 2.24) is 4.57 Å². The van der Waals surface area contributed by atoms with Gasteiger partial charge in [0, 0.05) is 24.6 Å². The minimum atomic E-state index is -0.483. The molecule has 3 rings (SSSR count). The lowest BCUT2D eigenvalue weighted by Crippen LogP contribution is -2.12. The highest BCUT2D eigenvalue weighted by Crippen LogP contribution is 2.22. The molecule has 0 unspecified atom stereocenters. The number of carbonyl (C=O) groups is 2. The maximum atomic E-state index is 12.3. The van der Waals surface area contributed by atoms with E-state index in [1.807, 2.05) is 30.3 Å². The van der Waals surface area contributed by atoms with Gasteiger partial charge in [0.1, 0.15) is 12.4 Å². The first-order chi connectivity index (χ1) is 11.1. The van der Waals surface area contributed by atoms with Crippen LogP contribution in [0.3, 0.4) is 0 Å². The summed E-state index contributed by atoms with van der Waals surface area (Å²) in [5, 5.41) is 0.859. The monoisotopic (exact) mass is 309 g/mol. The van der Waals surface area contributed by atoms with E-state index in [-0.39, 0.29) is 6.61 Å². The topological polar surface area (TPSA) is 57.5 Å². The van der Waals surface area contributed by atoms with Gasteiger partial charge >= 0.3 is 12.1 Å². The Balaban J connectivity index is 1.81. The molecule has 2 aromatic carbocycles. The molecule has 0 saturated carbocycles. The van der Waals surface area contributed by atoms with Crippen LogP contribution in [0.15, 0.2) is 60.8 Å². The second-order valence-corrected chi connectivity index (χ2v) is 5.04. The summed E-state index contributed by atoms with van der Waals surface area (Å²) in [6.07, 6.45) is 1.15. The van der Waals surface area contributed by atoms with Crippen molar-refractivity contribution >= 4 is 23.0 Å². The summed E-state index contributed by atoms with van der Waals surface area (Å²) in [7, 11) is 0. The number of hydrogen-bond acceptors (Lipinski definition) is 4. The second kappa shape index (κ2) is 6.36. The molecule has 0 amide bonds. The van der Waals surface area contributed by atoms with E-state index in [9.17, 15) is 9.59 Å². The number of ether oxygens (including phenoxy) is 2. The third kappa shape index (κ3) is 3.40. The van der Waals surface area contributed by atoms with Crippen molar-refractivity contribution in [2.24, 2.45) is 0 Å². The first kappa shape index (κ1) is 14.8. The maximum Gasteiger partial charge on any atom is 0.418 e. The van der Waals surface area contributed by atoms with E-state index < -0.39 is 12.1 Å². The van der Waals surface area contributed by atoms with E-state index in [0.29, 0.717) is 11.3 Å². The van der Waals surface area contributed by atoms with Crippen LogP contribution in [0.4, 0.5) is 4.79 Å². The zero-order chi connectivity index (χ0) is 16.2. The van der Waals surface area contributed by atoms with E-state index in [0.717, 1.165) is 10.9 Å². The van der Waals surface area contributed by atoms with Gasteiger partial charge < -0.3 is 9.47 Å². The Hall–Kier alpha value is -3.08. The highest BCUT2D eigenvalue weighted by Gasteiger charge is 2.11. The van der Waals surface area contributed by atoms with Gasteiger partial charge in [-0.3, -0.25) is 9.36 Å². The van der Waals surface area contributed by atoms with E-state index in [2.05, 4.69) is 0 Å². The quantitative estimate of drug-likeness (QED) is 0.546. The van der Waals surface area contributed by atoms with Crippen LogP contribution in [0.1, 0.15) is 12.5 Å². The predicted octanol–water partition coefficient (Wildman–Crippen LogP) is 3.75. The van der Waals surface area contributed by atoms with Crippen molar-refractivity contribution in [2.75, 3.05) is 0 Å². The van der Waals surface area contributed by atoms with Crippen molar-refractivity contribution in [3.63, 3.8) is 0 Å². The average molecular weight is 309 g/mol. The third-order valence-electron chi connectivity index (χ3n) is 3.33. The Morgan fingerprint density at radius 3 is 2.57 bits per heavy atom. The average Bonchev–Trinajstić information content (AvgIpc) is 2.96. The van der Waals surface area contributed by atoms with E-state index >= 15 is 0 Å². The molecule has 0 fully saturated rings. The van der Waals surface area contributed by atoms with Gasteiger partial charge in [0.15, 0.2) is 0 Å². The third-order valence-corrected chi connectivity index (χ3v) is 3.33. The largest absolute Gasteiger partial charge is 0.444 e. The molecule has 0 aliphatic carbocycles. The summed E-state index contributed by atoms with van der Waals surface area (Å²) in [5.41, 5.74) is 1.54. The van der Waals surface area contributed by atoms with Gasteiger partial charge in [0.05, 0.1) is 5.52 Å². The summed E-state index contributed by atoms with van der Waals surface area (Å²) >= 11 is 0. The summed E-state index contributed by atoms with van der Waals surface area (Å²) < 4.78 is 11.8. The van der Waals surface area contributed by atoms with Crippen LogP contribution in [-0.2, 0) is 16.1 Å². The molecular formula is C18H15NO4. The molecule has 1 aromatic heterocycles. The molecule has 0 atom stereocenters. The molecule has 0 radical (unpaired) electrons. The lowest BCUT2D eigenvalue weighted by Gasteiger charge is -2.07. The lowest BCUT2D eigenvalue weighted by atomic mass is 10.2. The number of carbonyl (C=O) groups excluding carboxylic acids is 2. The van der Waals surface area contributed by atoms with Gasteiger partial charge in [0.2, 0.25) is 0 Å². The van der Waals surface area contributed by atoms with E-state index in [1.54, 1.807) is 30.5 Å². The number of benzene rings is 2. The molecule has 0 aliphatic rings. The van der Waals surface area contributed by atoms with Crippen molar-refractivity contribution in [2.45, 2.75) is 13.5 Å². The van der Waals surface area contributed by atoms with Crippen LogP contribution in [0.5, 0.6) is 5.75 Å². The Kier molecular flexibility index (Phi) is 4.10. The molecule has 23 heavy (non-hydrogen) atoms. The highest BCUT2D eigenvalue weighted by molar-refractivity contribution is 5.90. The minimum absolute atomic E-state index is 0.197. The molecule has 0 N–H and O–H groups in total. The van der Waals surface area contributed by atoms with Gasteiger partial charge in [-0.15, -0.1) is 0 Å². The van der Waals surface area contributed by atoms with Crippen molar-refractivity contribution in [3.8, 4) is 5.75 Å². The Morgan fingerprint density at radius 2 is 1.83 bits per heavy atom. The summed E-state index contributed by atoms with van der Waals surface area (Å²) in [6, 6.07) is 16.4. The normalized spacial score (nSPS) is 10.5. The van der Waals surface area contributed by atoms with Crippen LogP contribution in [0.25, 0.3) is 10.9 Å². The van der Waals surface area contributed by atoms with Crippen molar-refractivity contribution in [3.05, 3.63) is 66.4 Å². The SMILES string of the molecule is CC(=O)Oc1ccc2ccn(C(=O)OCc3ccccc3)c2c1. The van der Waals surface area contributed by atoms with Gasteiger partial charge in [-0.25, -0.2) is 4.79 Å². The first-order valence-electron chi connectivity index (χ1n) is 7.14. The summed E-state index contributed by atoms with van der Waals surface area (Å²) in [5.74, 6) is -0.0186. The number of esters is 1. The Morgan fingerprint density at radius 1 is 1.04 bits per heavy atom. The molecule has 3 aromatic rings. The van der Waals surface area contributed by atoms with Crippen LogP contribution < -0.4 is 4.74 Å². The minimum Gasteiger partial charge on any atom is -0.444 e. The van der Waals surface area contributed by atoms with Gasteiger partial charge in [-0.2, -0.15) is 0 Å². The fourth-order valence-corrected chi connectivity index (χ4v) is 2.29. The number of fused-ring (bicyclic) bond motifs is 1. The van der Waals surface area contributed by atoms with Crippen LogP contribution in [-0.4, -0.2) is 16.6 Å². The van der Waals surface area contributed by atoms with E-state index in [4.69, 9.17) is 9.47 Å². The molecule has 0 bridgehead atoms. The fraction of sp³-hybridized carbons (Fsp3) is 0.111. The molecule has 5 heteroatoms. The fourth-order valence-electron chi connectivity index (χ4n) is 2.29. The number of rotatable bonds is 3. The van der Waals surface area contributed by atoms with Crippen molar-refractivity contribution in [1.29, 1.82) is 0 Å². The maximum absolute atomic E-state index is 12.3. The second-order valence-electron chi connectivity index (χ2n) is 5.04. The lowest BCUT2D eigenvalue weighted by molar-refractivity contribution is -0.131. The molecule has 0 saturated heterocycles. The van der Waals surface area contributed by atoms with Crippen LogP contribution in [0, 0.1) is 0 Å². The van der Waals surface area contributed by atoms with Gasteiger partial charge in [0.25, 0.3) is 0 Å². The van der Waals surface area contributed by atoms with Crippen LogP contribution >= 0.6 is 0 Å². The zero-order valence-corrected chi connectivity index (χ0v) is 12.6. The van der Waals surface area contributed by atoms with Gasteiger partial charge in [-0.1, -0.05) is 30.3 Å². The molecule has 0 spiro atoms.